The molecule has 2 aromatic rings. The molecule has 1 saturated heterocycles. The van der Waals surface area contributed by atoms with E-state index in [0.29, 0.717) is 19.1 Å². The number of likely N-dealkylation sites (tertiary alicyclic amines) is 1. The lowest BCUT2D eigenvalue weighted by molar-refractivity contribution is 0.186. The third-order valence-electron chi connectivity index (χ3n) is 6.96. The molecule has 3 N–H and O–H groups in total. The van der Waals surface area contributed by atoms with Crippen molar-refractivity contribution in [3.05, 3.63) is 42.1 Å². The van der Waals surface area contributed by atoms with Crippen LogP contribution in [-0.2, 0) is 0 Å². The number of aliphatic imine (C=N–C) groups is 1. The number of rotatable bonds is 3. The van der Waals surface area contributed by atoms with E-state index in [1.807, 2.05) is 42.2 Å². The molecule has 1 aromatic carbocycles. The van der Waals surface area contributed by atoms with Crippen molar-refractivity contribution < 1.29 is 9.53 Å². The number of pyridine rings is 1. The first-order valence-corrected chi connectivity index (χ1v) is 11.9. The number of hydrogen-bond acceptors (Lipinski definition) is 5. The molecule has 1 aliphatic carbocycles. The number of nitrogens with one attached hydrogen (secondary N) is 3. The Bertz CT molecular complexity index is 1060. The molecular weight excluding hydrogens is 416 g/mol. The van der Waals surface area contributed by atoms with Crippen molar-refractivity contribution in [2.45, 2.75) is 57.0 Å². The number of anilines is 3. The quantitative estimate of drug-likeness (QED) is 0.636. The lowest BCUT2D eigenvalue weighted by Crippen LogP contribution is -2.63. The van der Waals surface area contributed by atoms with E-state index >= 15 is 0 Å². The first-order chi connectivity index (χ1) is 16.1. The van der Waals surface area contributed by atoms with Gasteiger partial charge in [-0.05, 0) is 68.5 Å². The fourth-order valence-corrected chi connectivity index (χ4v) is 5.15. The SMILES string of the molecule is COc1ccc(NC(=O)N2CCC[C@@]3(C2)Nc2cccnc2NC3=NC2CCCC2)c(C)c1. The number of nitrogens with zero attached hydrogens (tertiary/aromatic N) is 3. The second kappa shape index (κ2) is 8.92. The van der Waals surface area contributed by atoms with Crippen LogP contribution in [0.25, 0.3) is 0 Å². The molecule has 2 aliphatic heterocycles. The summed E-state index contributed by atoms with van der Waals surface area (Å²) in [4.78, 5) is 24.8. The highest BCUT2D eigenvalue weighted by Crippen LogP contribution is 2.36. The monoisotopic (exact) mass is 448 g/mol. The number of carbonyl (C=O) groups excluding carboxylic acids is 1. The summed E-state index contributed by atoms with van der Waals surface area (Å²) in [5.41, 5.74) is 2.28. The molecule has 33 heavy (non-hydrogen) atoms. The number of ether oxygens (including phenoxy) is 1. The Morgan fingerprint density at radius 1 is 1.27 bits per heavy atom. The summed E-state index contributed by atoms with van der Waals surface area (Å²) in [6, 6.07) is 9.88. The van der Waals surface area contributed by atoms with E-state index in [1.165, 1.54) is 12.8 Å². The predicted molar refractivity (Wildman–Crippen MR) is 131 cm³/mol. The molecular formula is C25H32N6O2. The number of amidine groups is 1. The zero-order chi connectivity index (χ0) is 22.8. The van der Waals surface area contributed by atoms with E-state index < -0.39 is 5.54 Å². The average molecular weight is 449 g/mol. The fourth-order valence-electron chi connectivity index (χ4n) is 5.15. The summed E-state index contributed by atoms with van der Waals surface area (Å²) in [5, 5.41) is 10.3. The Hall–Kier alpha value is -3.29. The van der Waals surface area contributed by atoms with Crippen LogP contribution in [0.15, 0.2) is 41.5 Å². The second-order valence-corrected chi connectivity index (χ2v) is 9.28. The van der Waals surface area contributed by atoms with Crippen molar-refractivity contribution in [1.82, 2.24) is 9.88 Å². The molecule has 0 radical (unpaired) electrons. The van der Waals surface area contributed by atoms with Crippen molar-refractivity contribution in [2.75, 3.05) is 36.1 Å². The van der Waals surface area contributed by atoms with E-state index in [-0.39, 0.29) is 6.03 Å². The number of urea groups is 1. The molecule has 8 heteroatoms. The summed E-state index contributed by atoms with van der Waals surface area (Å²) in [7, 11) is 1.64. The molecule has 2 fully saturated rings. The molecule has 2 amide bonds. The molecule has 1 aromatic heterocycles. The Balaban J connectivity index is 1.40. The standard InChI is InChI=1S/C25H32N6O2/c1-17-15-19(33-2)10-11-20(17)28-24(32)31-14-6-12-25(16-31)23(27-18-7-3-4-8-18)29-22-21(30-25)9-5-13-26-22/h5,9-11,13,15,18,30H,3-4,6-8,12,14,16H2,1-2H3,(H,28,32)(H,26,27,29)/t25-/m0/s1. The molecule has 5 rings (SSSR count). The average Bonchev–Trinajstić information content (AvgIpc) is 3.34. The maximum Gasteiger partial charge on any atom is 0.321 e. The van der Waals surface area contributed by atoms with Crippen LogP contribution in [0.4, 0.5) is 22.0 Å². The van der Waals surface area contributed by atoms with Crippen LogP contribution >= 0.6 is 0 Å². The van der Waals surface area contributed by atoms with Gasteiger partial charge in [0, 0.05) is 18.4 Å². The zero-order valence-electron chi connectivity index (χ0n) is 19.4. The number of piperidine rings is 1. The Kier molecular flexibility index (Phi) is 5.83. The van der Waals surface area contributed by atoms with Crippen molar-refractivity contribution in [3.63, 3.8) is 0 Å². The van der Waals surface area contributed by atoms with Gasteiger partial charge in [-0.15, -0.1) is 0 Å². The van der Waals surface area contributed by atoms with Crippen LogP contribution in [-0.4, -0.2) is 53.5 Å². The molecule has 3 heterocycles. The predicted octanol–water partition coefficient (Wildman–Crippen LogP) is 4.64. The van der Waals surface area contributed by atoms with Gasteiger partial charge in [0.15, 0.2) is 5.82 Å². The molecule has 174 valence electrons. The van der Waals surface area contributed by atoms with Crippen molar-refractivity contribution in [2.24, 2.45) is 4.99 Å². The second-order valence-electron chi connectivity index (χ2n) is 9.28. The molecule has 1 atom stereocenters. The largest absolute Gasteiger partial charge is 0.497 e. The summed E-state index contributed by atoms with van der Waals surface area (Å²) >= 11 is 0. The van der Waals surface area contributed by atoms with E-state index in [2.05, 4.69) is 20.9 Å². The van der Waals surface area contributed by atoms with E-state index in [4.69, 9.17) is 9.73 Å². The van der Waals surface area contributed by atoms with Crippen LogP contribution < -0.4 is 20.7 Å². The number of fused-ring (bicyclic) bond motifs is 1. The maximum absolute atomic E-state index is 13.3. The number of hydrogen-bond donors (Lipinski definition) is 3. The minimum Gasteiger partial charge on any atom is -0.497 e. The number of methoxy groups -OCH3 is 1. The van der Waals surface area contributed by atoms with Gasteiger partial charge in [0.1, 0.15) is 17.1 Å². The number of benzene rings is 1. The third kappa shape index (κ3) is 4.34. The van der Waals surface area contributed by atoms with Crippen LogP contribution in [0.5, 0.6) is 5.75 Å². The van der Waals surface area contributed by atoms with Gasteiger partial charge in [-0.25, -0.2) is 9.78 Å². The zero-order valence-corrected chi connectivity index (χ0v) is 19.4. The van der Waals surface area contributed by atoms with Crippen LogP contribution in [0.1, 0.15) is 44.1 Å². The molecule has 1 saturated carbocycles. The summed E-state index contributed by atoms with van der Waals surface area (Å²) < 4.78 is 5.28. The highest BCUT2D eigenvalue weighted by molar-refractivity contribution is 6.09. The van der Waals surface area contributed by atoms with E-state index in [9.17, 15) is 4.79 Å². The Labute approximate surface area is 194 Å². The van der Waals surface area contributed by atoms with Crippen LogP contribution in [0, 0.1) is 6.92 Å². The van der Waals surface area contributed by atoms with Crippen LogP contribution in [0.3, 0.4) is 0 Å². The summed E-state index contributed by atoms with van der Waals surface area (Å²) in [6.45, 7) is 3.22. The molecule has 0 bridgehead atoms. The van der Waals surface area contributed by atoms with Gasteiger partial charge in [-0.1, -0.05) is 12.8 Å². The summed E-state index contributed by atoms with van der Waals surface area (Å²) in [6.07, 6.45) is 8.29. The summed E-state index contributed by atoms with van der Waals surface area (Å²) in [5.74, 6) is 2.49. The number of carbonyl (C=O) groups is 1. The van der Waals surface area contributed by atoms with Gasteiger partial charge in [-0.2, -0.15) is 0 Å². The fraction of sp³-hybridized carbons (Fsp3) is 0.480. The van der Waals surface area contributed by atoms with Crippen LogP contribution in [0.2, 0.25) is 0 Å². The smallest absolute Gasteiger partial charge is 0.321 e. The number of aryl methyl sites for hydroxylation is 1. The van der Waals surface area contributed by atoms with Crippen molar-refractivity contribution >= 4 is 29.1 Å². The van der Waals surface area contributed by atoms with Crippen molar-refractivity contribution in [1.29, 1.82) is 0 Å². The lowest BCUT2D eigenvalue weighted by atomic mass is 9.85. The van der Waals surface area contributed by atoms with Gasteiger partial charge in [-0.3, -0.25) is 4.99 Å². The highest BCUT2D eigenvalue weighted by Gasteiger charge is 2.45. The third-order valence-corrected chi connectivity index (χ3v) is 6.96. The lowest BCUT2D eigenvalue weighted by Gasteiger charge is -2.47. The normalized spacial score (nSPS) is 23.7. The van der Waals surface area contributed by atoms with Gasteiger partial charge in [0.05, 0.1) is 25.4 Å². The number of amides is 2. The molecule has 0 unspecified atom stereocenters. The molecule has 1 spiro atoms. The Morgan fingerprint density at radius 2 is 2.12 bits per heavy atom. The van der Waals surface area contributed by atoms with Gasteiger partial charge < -0.3 is 25.6 Å². The number of aromatic nitrogens is 1. The highest BCUT2D eigenvalue weighted by atomic mass is 16.5. The molecule has 3 aliphatic rings. The van der Waals surface area contributed by atoms with Gasteiger partial charge in [0.2, 0.25) is 0 Å². The first-order valence-electron chi connectivity index (χ1n) is 11.9. The Morgan fingerprint density at radius 3 is 2.91 bits per heavy atom. The maximum atomic E-state index is 13.3. The van der Waals surface area contributed by atoms with E-state index in [0.717, 1.165) is 60.0 Å². The topological polar surface area (TPSA) is 90.9 Å². The first kappa shape index (κ1) is 21.6. The van der Waals surface area contributed by atoms with E-state index in [1.54, 1.807) is 13.3 Å². The van der Waals surface area contributed by atoms with Gasteiger partial charge in [0.25, 0.3) is 0 Å². The van der Waals surface area contributed by atoms with Gasteiger partial charge >= 0.3 is 6.03 Å². The minimum absolute atomic E-state index is 0.0960. The molecule has 8 nitrogen and oxygen atoms in total. The van der Waals surface area contributed by atoms with Crippen molar-refractivity contribution in [3.8, 4) is 5.75 Å². The minimum atomic E-state index is -0.441.